The summed E-state index contributed by atoms with van der Waals surface area (Å²) in [6, 6.07) is 3.99. The van der Waals surface area contributed by atoms with Gasteiger partial charge >= 0.3 is 0 Å². The van der Waals surface area contributed by atoms with Crippen LogP contribution >= 0.6 is 22.7 Å². The average molecular weight is 320 g/mol. The standard InChI is InChI=1S/C15H16N2O2S2/c18-14(17-7-1-4-12(17)15(19)5-6-15)10-9-21-13(16-10)11-3-2-8-20-11/h2-3,8-9,12,19H,1,4-7H2. The molecule has 1 saturated heterocycles. The molecule has 2 aliphatic rings. The minimum atomic E-state index is -0.626. The molecule has 3 heterocycles. The van der Waals surface area contributed by atoms with Crippen molar-refractivity contribution in [3.05, 3.63) is 28.6 Å². The highest BCUT2D eigenvalue weighted by atomic mass is 32.1. The molecule has 2 fully saturated rings. The SMILES string of the molecule is O=C(c1csc(-c2cccs2)n1)N1CCCC1C1(O)CC1. The maximum atomic E-state index is 12.7. The number of amides is 1. The third kappa shape index (κ3) is 2.31. The van der Waals surface area contributed by atoms with Gasteiger partial charge in [-0.2, -0.15) is 0 Å². The van der Waals surface area contributed by atoms with Gasteiger partial charge in [0.2, 0.25) is 0 Å². The first-order valence-corrected chi connectivity index (χ1v) is 8.96. The summed E-state index contributed by atoms with van der Waals surface area (Å²) in [5.74, 6) is -0.0307. The summed E-state index contributed by atoms with van der Waals surface area (Å²) in [4.78, 5) is 20.1. The maximum Gasteiger partial charge on any atom is 0.273 e. The number of nitrogens with zero attached hydrogens (tertiary/aromatic N) is 2. The maximum absolute atomic E-state index is 12.7. The molecule has 0 aromatic carbocycles. The Labute approximate surface area is 131 Å². The van der Waals surface area contributed by atoms with Crippen LogP contribution in [0.15, 0.2) is 22.9 Å². The Morgan fingerprint density at radius 3 is 3.00 bits per heavy atom. The molecule has 0 radical (unpaired) electrons. The van der Waals surface area contributed by atoms with E-state index in [0.29, 0.717) is 5.69 Å². The molecular formula is C15H16N2O2S2. The van der Waals surface area contributed by atoms with Gasteiger partial charge in [-0.25, -0.2) is 4.98 Å². The summed E-state index contributed by atoms with van der Waals surface area (Å²) in [5.41, 5.74) is -0.113. The third-order valence-corrected chi connectivity index (χ3v) is 6.23. The van der Waals surface area contributed by atoms with Crippen molar-refractivity contribution in [1.82, 2.24) is 9.88 Å². The molecule has 1 aliphatic heterocycles. The Morgan fingerprint density at radius 1 is 1.43 bits per heavy atom. The van der Waals surface area contributed by atoms with E-state index in [-0.39, 0.29) is 11.9 Å². The lowest BCUT2D eigenvalue weighted by Crippen LogP contribution is -2.44. The van der Waals surface area contributed by atoms with Gasteiger partial charge in [-0.05, 0) is 37.1 Å². The highest BCUT2D eigenvalue weighted by Gasteiger charge is 2.52. The molecule has 1 aliphatic carbocycles. The Kier molecular flexibility index (Phi) is 3.13. The van der Waals surface area contributed by atoms with E-state index in [2.05, 4.69) is 4.98 Å². The number of likely N-dealkylation sites (tertiary alicyclic amines) is 1. The fourth-order valence-corrected chi connectivity index (χ4v) is 4.67. The summed E-state index contributed by atoms with van der Waals surface area (Å²) in [7, 11) is 0. The van der Waals surface area contributed by atoms with Gasteiger partial charge in [0, 0.05) is 11.9 Å². The molecule has 4 rings (SSSR count). The van der Waals surface area contributed by atoms with Gasteiger partial charge in [0.1, 0.15) is 10.7 Å². The van der Waals surface area contributed by atoms with E-state index >= 15 is 0 Å². The van der Waals surface area contributed by atoms with Crippen molar-refractivity contribution < 1.29 is 9.90 Å². The third-order valence-electron chi connectivity index (χ3n) is 4.35. The lowest BCUT2D eigenvalue weighted by molar-refractivity contribution is 0.0383. The summed E-state index contributed by atoms with van der Waals surface area (Å²) in [6.07, 6.45) is 3.52. The minimum Gasteiger partial charge on any atom is -0.388 e. The zero-order valence-electron chi connectivity index (χ0n) is 11.5. The topological polar surface area (TPSA) is 53.4 Å². The molecule has 1 unspecified atom stereocenters. The van der Waals surface area contributed by atoms with Crippen LogP contribution in [-0.4, -0.2) is 39.1 Å². The Morgan fingerprint density at radius 2 is 2.29 bits per heavy atom. The lowest BCUT2D eigenvalue weighted by Gasteiger charge is -2.28. The lowest BCUT2D eigenvalue weighted by atomic mass is 10.1. The number of hydrogen-bond donors (Lipinski definition) is 1. The van der Waals surface area contributed by atoms with E-state index in [1.54, 1.807) is 11.3 Å². The highest BCUT2D eigenvalue weighted by molar-refractivity contribution is 7.20. The van der Waals surface area contributed by atoms with E-state index in [1.807, 2.05) is 27.8 Å². The number of hydrogen-bond acceptors (Lipinski definition) is 5. The first-order valence-electron chi connectivity index (χ1n) is 7.20. The van der Waals surface area contributed by atoms with Crippen LogP contribution in [0.4, 0.5) is 0 Å². The highest BCUT2D eigenvalue weighted by Crippen LogP contribution is 2.45. The van der Waals surface area contributed by atoms with Crippen LogP contribution in [0.3, 0.4) is 0 Å². The fraction of sp³-hybridized carbons (Fsp3) is 0.467. The van der Waals surface area contributed by atoms with Gasteiger partial charge in [-0.1, -0.05) is 6.07 Å². The van der Waals surface area contributed by atoms with Crippen LogP contribution in [0.1, 0.15) is 36.2 Å². The van der Waals surface area contributed by atoms with Crippen molar-refractivity contribution in [3.8, 4) is 9.88 Å². The summed E-state index contributed by atoms with van der Waals surface area (Å²) in [5, 5.41) is 15.1. The smallest absolute Gasteiger partial charge is 0.273 e. The van der Waals surface area contributed by atoms with Gasteiger partial charge in [0.15, 0.2) is 0 Å². The van der Waals surface area contributed by atoms with Crippen LogP contribution in [0, 0.1) is 0 Å². The van der Waals surface area contributed by atoms with Crippen LogP contribution in [0.5, 0.6) is 0 Å². The number of rotatable bonds is 3. The van der Waals surface area contributed by atoms with Crippen molar-refractivity contribution in [2.75, 3.05) is 6.54 Å². The normalized spacial score (nSPS) is 23.5. The van der Waals surface area contributed by atoms with Gasteiger partial charge in [0.05, 0.1) is 16.5 Å². The molecule has 4 nitrogen and oxygen atoms in total. The zero-order valence-corrected chi connectivity index (χ0v) is 13.1. The molecular weight excluding hydrogens is 304 g/mol. The number of aliphatic hydroxyl groups is 1. The van der Waals surface area contributed by atoms with Crippen LogP contribution in [0.2, 0.25) is 0 Å². The van der Waals surface area contributed by atoms with E-state index < -0.39 is 5.60 Å². The van der Waals surface area contributed by atoms with Gasteiger partial charge in [0.25, 0.3) is 5.91 Å². The largest absolute Gasteiger partial charge is 0.388 e. The predicted molar refractivity (Wildman–Crippen MR) is 83.7 cm³/mol. The second kappa shape index (κ2) is 4.90. The van der Waals surface area contributed by atoms with Crippen LogP contribution in [-0.2, 0) is 0 Å². The number of thiazole rings is 1. The first-order chi connectivity index (χ1) is 10.2. The van der Waals surface area contributed by atoms with Crippen molar-refractivity contribution in [1.29, 1.82) is 0 Å². The molecule has 0 spiro atoms. The molecule has 110 valence electrons. The zero-order chi connectivity index (χ0) is 14.4. The number of carbonyl (C=O) groups excluding carboxylic acids is 1. The molecule has 2 aromatic heterocycles. The quantitative estimate of drug-likeness (QED) is 0.946. The van der Waals surface area contributed by atoms with E-state index in [0.717, 1.165) is 42.1 Å². The number of carbonyl (C=O) groups is 1. The monoisotopic (exact) mass is 320 g/mol. The molecule has 2 aromatic rings. The van der Waals surface area contributed by atoms with E-state index in [4.69, 9.17) is 0 Å². The second-order valence-electron chi connectivity index (χ2n) is 5.78. The minimum absolute atomic E-state index is 0.0168. The van der Waals surface area contributed by atoms with E-state index in [1.165, 1.54) is 11.3 Å². The molecule has 1 saturated carbocycles. The van der Waals surface area contributed by atoms with E-state index in [9.17, 15) is 9.90 Å². The van der Waals surface area contributed by atoms with Crippen molar-refractivity contribution >= 4 is 28.6 Å². The van der Waals surface area contributed by atoms with Gasteiger partial charge in [-0.15, -0.1) is 22.7 Å². The number of aromatic nitrogens is 1. The summed E-state index contributed by atoms with van der Waals surface area (Å²) < 4.78 is 0. The number of thiophene rings is 1. The van der Waals surface area contributed by atoms with Crippen LogP contribution < -0.4 is 0 Å². The fourth-order valence-electron chi connectivity index (χ4n) is 3.06. The average Bonchev–Trinajstić information content (AvgIpc) is 3.04. The van der Waals surface area contributed by atoms with Crippen molar-refractivity contribution in [2.45, 2.75) is 37.3 Å². The molecule has 21 heavy (non-hydrogen) atoms. The van der Waals surface area contributed by atoms with Gasteiger partial charge < -0.3 is 10.0 Å². The second-order valence-corrected chi connectivity index (χ2v) is 7.58. The van der Waals surface area contributed by atoms with Crippen molar-refractivity contribution in [2.24, 2.45) is 0 Å². The molecule has 0 bridgehead atoms. The molecule has 6 heteroatoms. The molecule has 1 amide bonds. The van der Waals surface area contributed by atoms with Crippen LogP contribution in [0.25, 0.3) is 9.88 Å². The molecule has 1 N–H and O–H groups in total. The summed E-state index contributed by atoms with van der Waals surface area (Å²) in [6.45, 7) is 0.734. The predicted octanol–water partition coefficient (Wildman–Crippen LogP) is 3.00. The molecule has 1 atom stereocenters. The Bertz CT molecular complexity index is 661. The Hall–Kier alpha value is -1.24. The van der Waals surface area contributed by atoms with Crippen molar-refractivity contribution in [3.63, 3.8) is 0 Å². The first kappa shape index (κ1) is 13.4. The Balaban J connectivity index is 1.57. The van der Waals surface area contributed by atoms with Gasteiger partial charge in [-0.3, -0.25) is 4.79 Å². The summed E-state index contributed by atoms with van der Waals surface area (Å²) >= 11 is 3.14.